The van der Waals surface area contributed by atoms with Gasteiger partial charge >= 0.3 is 0 Å². The lowest BCUT2D eigenvalue weighted by atomic mass is 10.1. The molecule has 2 N–H and O–H groups in total. The number of pyridine rings is 1. The van der Waals surface area contributed by atoms with Crippen molar-refractivity contribution in [2.75, 3.05) is 10.6 Å². The lowest BCUT2D eigenvalue weighted by molar-refractivity contribution is -0.695. The minimum absolute atomic E-state index is 0.0437. The lowest BCUT2D eigenvalue weighted by Gasteiger charge is -2.12. The Morgan fingerprint density at radius 1 is 1.08 bits per heavy atom. The number of hydrogen-bond donors (Lipinski definition) is 2. The zero-order valence-electron chi connectivity index (χ0n) is 14.4. The van der Waals surface area contributed by atoms with Gasteiger partial charge in [0.25, 0.3) is 0 Å². The summed E-state index contributed by atoms with van der Waals surface area (Å²) in [5.74, 6) is -0.176. The third kappa shape index (κ3) is 5.19. The molecule has 0 atom stereocenters. The molecule has 0 spiro atoms. The highest BCUT2D eigenvalue weighted by Crippen LogP contribution is 2.22. The van der Waals surface area contributed by atoms with Crippen LogP contribution in [0.3, 0.4) is 0 Å². The number of anilines is 2. The monoisotopic (exact) mass is 326 g/mol. The van der Waals surface area contributed by atoms with Crippen LogP contribution in [0.1, 0.15) is 31.4 Å². The van der Waals surface area contributed by atoms with Gasteiger partial charge in [-0.15, -0.1) is 0 Å². The fourth-order valence-corrected chi connectivity index (χ4v) is 2.41. The number of aryl methyl sites for hydroxylation is 3. The largest absolute Gasteiger partial charge is 0.326 e. The molecule has 2 aromatic rings. The van der Waals surface area contributed by atoms with E-state index in [4.69, 9.17) is 0 Å². The number of hydrogen-bond acceptors (Lipinski definition) is 2. The maximum absolute atomic E-state index is 12.2. The Morgan fingerprint density at radius 2 is 1.79 bits per heavy atom. The topological polar surface area (TPSA) is 62.1 Å². The smallest absolute Gasteiger partial charge is 0.230 e. The highest BCUT2D eigenvalue weighted by Gasteiger charge is 2.10. The zero-order chi connectivity index (χ0) is 17.5. The standard InChI is InChI=1S/C19H23N3O2/c1-4-16-5-6-17(20-15(3)23)13-18(16)21-19(24)9-12-22-10-7-14(2)8-11-22/h5-8,10-11,13H,4,9,12H2,1-3H3,(H-,20,21,23,24)/p+1. The third-order valence-electron chi connectivity index (χ3n) is 3.74. The van der Waals surface area contributed by atoms with Gasteiger partial charge in [-0.3, -0.25) is 9.59 Å². The summed E-state index contributed by atoms with van der Waals surface area (Å²) in [6.07, 6.45) is 5.14. The fourth-order valence-electron chi connectivity index (χ4n) is 2.41. The summed E-state index contributed by atoms with van der Waals surface area (Å²) in [6, 6.07) is 9.61. The van der Waals surface area contributed by atoms with E-state index in [9.17, 15) is 9.59 Å². The van der Waals surface area contributed by atoms with E-state index in [1.54, 1.807) is 6.07 Å². The molecule has 0 saturated carbocycles. The van der Waals surface area contributed by atoms with E-state index in [0.717, 1.165) is 17.7 Å². The number of nitrogens with zero attached hydrogens (tertiary/aromatic N) is 1. The average Bonchev–Trinajstić information content (AvgIpc) is 2.54. The van der Waals surface area contributed by atoms with E-state index in [1.807, 2.05) is 55.1 Å². The third-order valence-corrected chi connectivity index (χ3v) is 3.74. The van der Waals surface area contributed by atoms with Crippen LogP contribution in [0.5, 0.6) is 0 Å². The van der Waals surface area contributed by atoms with Crippen LogP contribution in [-0.4, -0.2) is 11.8 Å². The first kappa shape index (κ1) is 17.7. The van der Waals surface area contributed by atoms with Crippen molar-refractivity contribution in [3.05, 3.63) is 53.9 Å². The summed E-state index contributed by atoms with van der Waals surface area (Å²) >= 11 is 0. The summed E-state index contributed by atoms with van der Waals surface area (Å²) in [5, 5.41) is 5.69. The predicted octanol–water partition coefficient (Wildman–Crippen LogP) is 2.83. The molecular formula is C19H24N3O2+. The van der Waals surface area contributed by atoms with Crippen LogP contribution in [0.4, 0.5) is 11.4 Å². The molecule has 0 fully saturated rings. The van der Waals surface area contributed by atoms with E-state index in [0.29, 0.717) is 18.7 Å². The molecule has 0 unspecified atom stereocenters. The van der Waals surface area contributed by atoms with E-state index in [-0.39, 0.29) is 11.8 Å². The summed E-state index contributed by atoms with van der Waals surface area (Å²) in [5.41, 5.74) is 3.67. The number of amides is 2. The molecule has 0 aliphatic rings. The van der Waals surface area contributed by atoms with Gasteiger partial charge in [-0.05, 0) is 36.6 Å². The number of rotatable bonds is 6. The molecule has 0 radical (unpaired) electrons. The number of benzene rings is 1. The second-order valence-corrected chi connectivity index (χ2v) is 5.82. The van der Waals surface area contributed by atoms with E-state index >= 15 is 0 Å². The highest BCUT2D eigenvalue weighted by molar-refractivity contribution is 5.94. The molecule has 2 amide bonds. The minimum atomic E-state index is -0.132. The van der Waals surface area contributed by atoms with Gasteiger partial charge in [0.2, 0.25) is 11.8 Å². The lowest BCUT2D eigenvalue weighted by Crippen LogP contribution is -2.34. The van der Waals surface area contributed by atoms with Gasteiger partial charge in [0.1, 0.15) is 0 Å². The van der Waals surface area contributed by atoms with Crippen molar-refractivity contribution < 1.29 is 14.2 Å². The van der Waals surface area contributed by atoms with Gasteiger partial charge in [0.05, 0.1) is 6.42 Å². The molecule has 126 valence electrons. The van der Waals surface area contributed by atoms with Crippen LogP contribution in [0.25, 0.3) is 0 Å². The molecule has 1 heterocycles. The molecule has 0 aliphatic carbocycles. The van der Waals surface area contributed by atoms with Gasteiger partial charge in [-0.1, -0.05) is 13.0 Å². The Hall–Kier alpha value is -2.69. The molecule has 5 heteroatoms. The first-order chi connectivity index (χ1) is 11.5. The van der Waals surface area contributed by atoms with Gasteiger partial charge in [0, 0.05) is 30.4 Å². The maximum atomic E-state index is 12.2. The van der Waals surface area contributed by atoms with E-state index in [1.165, 1.54) is 12.5 Å². The molecule has 0 aliphatic heterocycles. The van der Waals surface area contributed by atoms with Crippen molar-refractivity contribution in [1.82, 2.24) is 0 Å². The van der Waals surface area contributed by atoms with Crippen molar-refractivity contribution in [1.29, 1.82) is 0 Å². The second kappa shape index (κ2) is 8.24. The fraction of sp³-hybridized carbons (Fsp3) is 0.316. The summed E-state index contributed by atoms with van der Waals surface area (Å²) < 4.78 is 1.99. The molecule has 1 aromatic carbocycles. The number of carbonyl (C=O) groups is 2. The Bertz CT molecular complexity index is 724. The molecule has 1 aromatic heterocycles. The Labute approximate surface area is 142 Å². The molecule has 0 saturated heterocycles. The van der Waals surface area contributed by atoms with Gasteiger partial charge < -0.3 is 10.6 Å². The van der Waals surface area contributed by atoms with Crippen molar-refractivity contribution in [3.8, 4) is 0 Å². The molecule has 24 heavy (non-hydrogen) atoms. The normalized spacial score (nSPS) is 10.3. The van der Waals surface area contributed by atoms with E-state index in [2.05, 4.69) is 10.6 Å². The number of carbonyl (C=O) groups excluding carboxylic acids is 2. The molecule has 0 bridgehead atoms. The van der Waals surface area contributed by atoms with Crippen molar-refractivity contribution in [2.45, 2.75) is 40.2 Å². The summed E-state index contributed by atoms with van der Waals surface area (Å²) in [7, 11) is 0. The second-order valence-electron chi connectivity index (χ2n) is 5.82. The maximum Gasteiger partial charge on any atom is 0.230 e. The Balaban J connectivity index is 2.01. The van der Waals surface area contributed by atoms with Gasteiger partial charge in [-0.25, -0.2) is 4.57 Å². The van der Waals surface area contributed by atoms with Crippen molar-refractivity contribution in [2.24, 2.45) is 0 Å². The first-order valence-electron chi connectivity index (χ1n) is 8.14. The number of nitrogens with one attached hydrogen (secondary N) is 2. The van der Waals surface area contributed by atoms with E-state index < -0.39 is 0 Å². The summed E-state index contributed by atoms with van der Waals surface area (Å²) in [6.45, 7) is 6.15. The first-order valence-corrected chi connectivity index (χ1v) is 8.14. The summed E-state index contributed by atoms with van der Waals surface area (Å²) in [4.78, 5) is 23.4. The van der Waals surface area contributed by atoms with Gasteiger partial charge in [0.15, 0.2) is 18.9 Å². The SMILES string of the molecule is CCc1ccc(NC(C)=O)cc1NC(=O)CC[n+]1ccc(C)cc1. The zero-order valence-corrected chi connectivity index (χ0v) is 14.4. The highest BCUT2D eigenvalue weighted by atomic mass is 16.2. The average molecular weight is 326 g/mol. The van der Waals surface area contributed by atoms with Crippen molar-refractivity contribution in [3.63, 3.8) is 0 Å². The van der Waals surface area contributed by atoms with Crippen molar-refractivity contribution >= 4 is 23.2 Å². The van der Waals surface area contributed by atoms with Crippen LogP contribution >= 0.6 is 0 Å². The van der Waals surface area contributed by atoms with Gasteiger partial charge in [-0.2, -0.15) is 0 Å². The number of aromatic nitrogens is 1. The Kier molecular flexibility index (Phi) is 6.07. The van der Waals surface area contributed by atoms with Crippen LogP contribution in [-0.2, 0) is 22.6 Å². The minimum Gasteiger partial charge on any atom is -0.326 e. The van der Waals surface area contributed by atoms with Crippen LogP contribution in [0.2, 0.25) is 0 Å². The molecule has 2 rings (SSSR count). The Morgan fingerprint density at radius 3 is 2.42 bits per heavy atom. The van der Waals surface area contributed by atoms with Crippen LogP contribution < -0.4 is 15.2 Å². The molecule has 5 nitrogen and oxygen atoms in total. The predicted molar refractivity (Wildman–Crippen MR) is 94.7 cm³/mol. The van der Waals surface area contributed by atoms with Crippen LogP contribution in [0.15, 0.2) is 42.7 Å². The van der Waals surface area contributed by atoms with Crippen LogP contribution in [0, 0.1) is 6.92 Å². The molecular weight excluding hydrogens is 302 g/mol. The quantitative estimate of drug-likeness (QED) is 0.802.